The number of likely N-dealkylation sites (N-methyl/N-ethyl adjacent to an activating group) is 1. The van der Waals surface area contributed by atoms with Gasteiger partial charge < -0.3 is 10.1 Å². The van der Waals surface area contributed by atoms with E-state index in [0.29, 0.717) is 12.2 Å². The number of ether oxygens (including phenoxy) is 1. The molecule has 1 N–H and O–H groups in total. The molecule has 1 rings (SSSR count). The van der Waals surface area contributed by atoms with Gasteiger partial charge in [0.15, 0.2) is 0 Å². The molecule has 2 heteroatoms. The van der Waals surface area contributed by atoms with Crippen LogP contribution in [0, 0.1) is 0 Å². The van der Waals surface area contributed by atoms with E-state index in [2.05, 4.69) is 12.2 Å². The summed E-state index contributed by atoms with van der Waals surface area (Å²) in [4.78, 5) is 0. The van der Waals surface area contributed by atoms with Gasteiger partial charge in [-0.3, -0.25) is 0 Å². The molecule has 1 aliphatic rings. The van der Waals surface area contributed by atoms with E-state index in [9.17, 15) is 0 Å². The van der Waals surface area contributed by atoms with Crippen LogP contribution in [-0.4, -0.2) is 25.8 Å². The van der Waals surface area contributed by atoms with Crippen LogP contribution in [0.1, 0.15) is 13.3 Å². The van der Waals surface area contributed by atoms with Gasteiger partial charge in [0.1, 0.15) is 0 Å². The van der Waals surface area contributed by atoms with Gasteiger partial charge in [0.05, 0.1) is 12.2 Å². The van der Waals surface area contributed by atoms with E-state index in [-0.39, 0.29) is 0 Å². The van der Waals surface area contributed by atoms with E-state index < -0.39 is 0 Å². The molecule has 0 radical (unpaired) electrons. The lowest BCUT2D eigenvalue weighted by molar-refractivity contribution is -0.110. The minimum Gasteiger partial charge on any atom is -0.374 e. The van der Waals surface area contributed by atoms with Crippen molar-refractivity contribution in [3.63, 3.8) is 0 Å². The molecule has 0 aromatic heterocycles. The monoisotopic (exact) mass is 115 g/mol. The predicted molar refractivity (Wildman–Crippen MR) is 32.9 cm³/mol. The van der Waals surface area contributed by atoms with Crippen LogP contribution in [0.4, 0.5) is 0 Å². The van der Waals surface area contributed by atoms with E-state index in [1.54, 1.807) is 0 Å². The highest BCUT2D eigenvalue weighted by Gasteiger charge is 2.24. The van der Waals surface area contributed by atoms with Crippen molar-refractivity contribution in [1.82, 2.24) is 5.32 Å². The molecule has 0 aromatic rings. The maximum atomic E-state index is 5.32. The average Bonchev–Trinajstić information content (AvgIpc) is 1.64. The molecule has 2 nitrogen and oxygen atoms in total. The largest absolute Gasteiger partial charge is 0.374 e. The highest BCUT2D eigenvalue weighted by Crippen LogP contribution is 2.18. The van der Waals surface area contributed by atoms with Crippen LogP contribution in [0.15, 0.2) is 0 Å². The van der Waals surface area contributed by atoms with Crippen molar-refractivity contribution in [3.8, 4) is 0 Å². The molecule has 0 aliphatic carbocycles. The maximum Gasteiger partial charge on any atom is 0.0727 e. The molecule has 2 atom stereocenters. The Kier molecular flexibility index (Phi) is 1.86. The van der Waals surface area contributed by atoms with Crippen LogP contribution in [0.3, 0.4) is 0 Å². The number of rotatable bonds is 2. The first kappa shape index (κ1) is 6.05. The Hall–Kier alpha value is -0.0800. The normalized spacial score (nSPS) is 36.8. The average molecular weight is 115 g/mol. The molecule has 2 unspecified atom stereocenters. The fourth-order valence-corrected chi connectivity index (χ4v) is 1.05. The van der Waals surface area contributed by atoms with E-state index in [4.69, 9.17) is 4.74 Å². The lowest BCUT2D eigenvalue weighted by Crippen LogP contribution is -2.41. The molecule has 0 spiro atoms. The van der Waals surface area contributed by atoms with Crippen LogP contribution >= 0.6 is 0 Å². The summed E-state index contributed by atoms with van der Waals surface area (Å²) in [7, 11) is 1.95. The van der Waals surface area contributed by atoms with Crippen molar-refractivity contribution >= 4 is 0 Å². The van der Waals surface area contributed by atoms with Crippen LogP contribution < -0.4 is 5.32 Å². The molecule has 1 fully saturated rings. The molecule has 0 saturated carbocycles. The Morgan fingerprint density at radius 1 is 1.75 bits per heavy atom. The van der Waals surface area contributed by atoms with Crippen LogP contribution in [0.5, 0.6) is 0 Å². The first-order valence-corrected chi connectivity index (χ1v) is 3.13. The van der Waals surface area contributed by atoms with E-state index in [1.807, 2.05) is 7.05 Å². The molecule has 8 heavy (non-hydrogen) atoms. The third-order valence-electron chi connectivity index (χ3n) is 1.45. The topological polar surface area (TPSA) is 21.3 Å². The second kappa shape index (κ2) is 2.46. The third kappa shape index (κ3) is 1.20. The Labute approximate surface area is 50.2 Å². The molecule has 1 saturated heterocycles. The Balaban J connectivity index is 1.98. The fraction of sp³-hybridized carbons (Fsp3) is 1.00. The van der Waals surface area contributed by atoms with Gasteiger partial charge in [0.2, 0.25) is 0 Å². The quantitative estimate of drug-likeness (QED) is 0.562. The van der Waals surface area contributed by atoms with Gasteiger partial charge in [-0.05, 0) is 14.0 Å². The molecule has 48 valence electrons. The zero-order chi connectivity index (χ0) is 5.98. The van der Waals surface area contributed by atoms with Crippen molar-refractivity contribution < 1.29 is 4.74 Å². The minimum absolute atomic E-state index is 0.495. The van der Waals surface area contributed by atoms with Gasteiger partial charge >= 0.3 is 0 Å². The number of hydrogen-bond acceptors (Lipinski definition) is 2. The zero-order valence-electron chi connectivity index (χ0n) is 5.48. The highest BCUT2D eigenvalue weighted by molar-refractivity contribution is 4.74. The summed E-state index contributed by atoms with van der Waals surface area (Å²) in [5.41, 5.74) is 0. The number of nitrogens with one attached hydrogen (secondary N) is 1. The summed E-state index contributed by atoms with van der Waals surface area (Å²) in [6.07, 6.45) is 2.23. The first-order valence-electron chi connectivity index (χ1n) is 3.13. The van der Waals surface area contributed by atoms with Gasteiger partial charge in [-0.2, -0.15) is 0 Å². The number of hydrogen-bond donors (Lipinski definition) is 1. The molecule has 0 amide bonds. The first-order chi connectivity index (χ1) is 3.83. The van der Waals surface area contributed by atoms with Crippen LogP contribution in [0.2, 0.25) is 0 Å². The minimum atomic E-state index is 0.495. The predicted octanol–water partition coefficient (Wildman–Crippen LogP) is 0.383. The third-order valence-corrected chi connectivity index (χ3v) is 1.45. The SMILES string of the molecule is CNCC1CC(C)O1. The van der Waals surface area contributed by atoms with Crippen LogP contribution in [0.25, 0.3) is 0 Å². The van der Waals surface area contributed by atoms with Crippen LogP contribution in [-0.2, 0) is 4.74 Å². The Morgan fingerprint density at radius 3 is 2.75 bits per heavy atom. The molecular weight excluding hydrogens is 102 g/mol. The van der Waals surface area contributed by atoms with Crippen molar-refractivity contribution in [2.75, 3.05) is 13.6 Å². The van der Waals surface area contributed by atoms with E-state index in [0.717, 1.165) is 6.54 Å². The summed E-state index contributed by atoms with van der Waals surface area (Å²) >= 11 is 0. The lowest BCUT2D eigenvalue weighted by Gasteiger charge is -2.33. The van der Waals surface area contributed by atoms with Crippen molar-refractivity contribution in [2.45, 2.75) is 25.6 Å². The summed E-state index contributed by atoms with van der Waals surface area (Å²) in [6.45, 7) is 3.11. The lowest BCUT2D eigenvalue weighted by atomic mass is 10.1. The smallest absolute Gasteiger partial charge is 0.0727 e. The Morgan fingerprint density at radius 2 is 2.38 bits per heavy atom. The van der Waals surface area contributed by atoms with E-state index >= 15 is 0 Å². The summed E-state index contributed by atoms with van der Waals surface area (Å²) < 4.78 is 5.32. The van der Waals surface area contributed by atoms with Gasteiger partial charge in [0, 0.05) is 13.0 Å². The van der Waals surface area contributed by atoms with E-state index in [1.165, 1.54) is 6.42 Å². The molecule has 0 aromatic carbocycles. The second-order valence-electron chi connectivity index (χ2n) is 2.36. The zero-order valence-corrected chi connectivity index (χ0v) is 5.48. The van der Waals surface area contributed by atoms with Gasteiger partial charge in [0.25, 0.3) is 0 Å². The summed E-state index contributed by atoms with van der Waals surface area (Å²) in [6, 6.07) is 0. The van der Waals surface area contributed by atoms with Crippen molar-refractivity contribution in [3.05, 3.63) is 0 Å². The van der Waals surface area contributed by atoms with Gasteiger partial charge in [-0.15, -0.1) is 0 Å². The molecule has 1 heterocycles. The second-order valence-corrected chi connectivity index (χ2v) is 2.36. The fourth-order valence-electron chi connectivity index (χ4n) is 1.05. The van der Waals surface area contributed by atoms with Gasteiger partial charge in [-0.25, -0.2) is 0 Å². The van der Waals surface area contributed by atoms with Crippen molar-refractivity contribution in [1.29, 1.82) is 0 Å². The van der Waals surface area contributed by atoms with Crippen molar-refractivity contribution in [2.24, 2.45) is 0 Å². The standard InChI is InChI=1S/C6H13NO/c1-5-3-6(8-5)4-7-2/h5-7H,3-4H2,1-2H3. The Bertz CT molecular complexity index is 66.2. The summed E-state index contributed by atoms with van der Waals surface area (Å²) in [5, 5.41) is 3.07. The molecule has 0 bridgehead atoms. The highest BCUT2D eigenvalue weighted by atomic mass is 16.5. The van der Waals surface area contributed by atoms with Gasteiger partial charge in [-0.1, -0.05) is 0 Å². The molecule has 1 aliphatic heterocycles. The maximum absolute atomic E-state index is 5.32. The summed E-state index contributed by atoms with van der Waals surface area (Å²) in [5.74, 6) is 0. The molecular formula is C6H13NO.